The van der Waals surface area contributed by atoms with Crippen molar-refractivity contribution >= 4 is 5.78 Å². The number of fused-ring (bicyclic) bond motifs is 1. The summed E-state index contributed by atoms with van der Waals surface area (Å²) in [4.78, 5) is 12.5. The van der Waals surface area contributed by atoms with Gasteiger partial charge in [0.15, 0.2) is 11.5 Å². The van der Waals surface area contributed by atoms with Gasteiger partial charge in [-0.3, -0.25) is 4.79 Å². The van der Waals surface area contributed by atoms with Crippen LogP contribution < -0.4 is 0 Å². The van der Waals surface area contributed by atoms with Crippen molar-refractivity contribution in [2.75, 3.05) is 0 Å². The summed E-state index contributed by atoms with van der Waals surface area (Å²) in [6.07, 6.45) is 5.84. The van der Waals surface area contributed by atoms with E-state index in [0.717, 1.165) is 30.0 Å². The third kappa shape index (κ3) is 2.92. The van der Waals surface area contributed by atoms with Crippen LogP contribution in [0.15, 0.2) is 28.8 Å². The Morgan fingerprint density at radius 2 is 1.96 bits per heavy atom. The minimum absolute atomic E-state index is 0.182. The summed E-state index contributed by atoms with van der Waals surface area (Å²) in [5.41, 5.74) is 3.21. The van der Waals surface area contributed by atoms with Crippen molar-refractivity contribution in [3.8, 4) is 6.07 Å². The third-order valence-corrected chi connectivity index (χ3v) is 4.88. The van der Waals surface area contributed by atoms with Crippen LogP contribution in [0.3, 0.4) is 0 Å². The predicted molar refractivity (Wildman–Crippen MR) is 83.9 cm³/mol. The summed E-state index contributed by atoms with van der Waals surface area (Å²) in [5, 5.41) is 13.0. The van der Waals surface area contributed by atoms with Gasteiger partial charge in [0.25, 0.3) is 0 Å². The smallest absolute Gasteiger partial charge is 0.168 e. The molecule has 2 aromatic rings. The van der Waals surface area contributed by atoms with Crippen LogP contribution in [0.4, 0.5) is 0 Å². The molecule has 1 heterocycles. The fourth-order valence-corrected chi connectivity index (χ4v) is 3.52. The number of Topliss-reactive ketones (excluding diaryl/α,β-unsaturated/α-hetero) is 1. The first-order valence-electron chi connectivity index (χ1n) is 8.22. The SMILES string of the molecule is N#Cc1ccc(Cc2onc3c2C(=O)CC(CC2CC2)C3)cc1. The zero-order valence-corrected chi connectivity index (χ0v) is 12.9. The number of rotatable bonds is 4. The molecule has 0 aliphatic heterocycles. The fraction of sp³-hybridized carbons (Fsp3) is 0.421. The molecule has 1 saturated carbocycles. The van der Waals surface area contributed by atoms with E-state index in [9.17, 15) is 4.79 Å². The van der Waals surface area contributed by atoms with E-state index in [-0.39, 0.29) is 5.78 Å². The molecule has 23 heavy (non-hydrogen) atoms. The number of ketones is 1. The van der Waals surface area contributed by atoms with Crippen molar-refractivity contribution < 1.29 is 9.32 Å². The van der Waals surface area contributed by atoms with Crippen molar-refractivity contribution in [2.45, 2.75) is 38.5 Å². The van der Waals surface area contributed by atoms with Crippen LogP contribution in [0.25, 0.3) is 0 Å². The molecule has 4 heteroatoms. The maximum absolute atomic E-state index is 12.5. The Labute approximate surface area is 135 Å². The molecule has 0 radical (unpaired) electrons. The van der Waals surface area contributed by atoms with Crippen LogP contribution >= 0.6 is 0 Å². The first-order valence-corrected chi connectivity index (χ1v) is 8.22. The second-order valence-electron chi connectivity index (χ2n) is 6.79. The summed E-state index contributed by atoms with van der Waals surface area (Å²) >= 11 is 0. The molecule has 4 nitrogen and oxygen atoms in total. The second kappa shape index (κ2) is 5.66. The molecule has 0 saturated heterocycles. The Bertz CT molecular complexity index is 779. The zero-order valence-electron chi connectivity index (χ0n) is 12.9. The van der Waals surface area contributed by atoms with Crippen LogP contribution in [0.5, 0.6) is 0 Å². The van der Waals surface area contributed by atoms with E-state index in [1.807, 2.05) is 12.1 Å². The van der Waals surface area contributed by atoms with Crippen LogP contribution in [0, 0.1) is 23.2 Å². The highest BCUT2D eigenvalue weighted by Crippen LogP contribution is 2.40. The molecule has 1 aromatic heterocycles. The second-order valence-corrected chi connectivity index (χ2v) is 6.79. The maximum atomic E-state index is 12.5. The van der Waals surface area contributed by atoms with Crippen molar-refractivity contribution in [3.63, 3.8) is 0 Å². The average molecular weight is 306 g/mol. The van der Waals surface area contributed by atoms with Crippen LogP contribution in [0.1, 0.15) is 58.6 Å². The van der Waals surface area contributed by atoms with Gasteiger partial charge in [-0.25, -0.2) is 0 Å². The molecule has 1 fully saturated rings. The monoisotopic (exact) mass is 306 g/mol. The largest absolute Gasteiger partial charge is 0.360 e. The van der Waals surface area contributed by atoms with Crippen molar-refractivity contribution in [1.29, 1.82) is 5.26 Å². The lowest BCUT2D eigenvalue weighted by Crippen LogP contribution is -2.21. The van der Waals surface area contributed by atoms with E-state index in [1.54, 1.807) is 12.1 Å². The summed E-state index contributed by atoms with van der Waals surface area (Å²) in [6.45, 7) is 0. The standard InChI is InChI=1S/C19H18N2O2/c20-11-14-5-3-13(4-6-14)10-18-19-16(21-23-18)8-15(9-17(19)22)7-12-1-2-12/h3-6,12,15H,1-2,7-10H2. The van der Waals surface area contributed by atoms with E-state index in [1.165, 1.54) is 12.8 Å². The number of aromatic nitrogens is 1. The number of carbonyl (C=O) groups excluding carboxylic acids is 1. The van der Waals surface area contributed by atoms with E-state index >= 15 is 0 Å². The highest BCUT2D eigenvalue weighted by Gasteiger charge is 2.34. The van der Waals surface area contributed by atoms with Gasteiger partial charge in [0.05, 0.1) is 22.9 Å². The zero-order chi connectivity index (χ0) is 15.8. The lowest BCUT2D eigenvalue weighted by Gasteiger charge is -2.19. The van der Waals surface area contributed by atoms with Gasteiger partial charge in [0, 0.05) is 12.8 Å². The molecule has 0 spiro atoms. The number of nitriles is 1. The fourth-order valence-electron chi connectivity index (χ4n) is 3.52. The normalized spacial score (nSPS) is 20.1. The van der Waals surface area contributed by atoms with E-state index < -0.39 is 0 Å². The topological polar surface area (TPSA) is 66.9 Å². The number of carbonyl (C=O) groups is 1. The molecule has 2 aliphatic carbocycles. The minimum Gasteiger partial charge on any atom is -0.360 e. The van der Waals surface area contributed by atoms with Gasteiger partial charge in [-0.05, 0) is 42.4 Å². The van der Waals surface area contributed by atoms with Gasteiger partial charge in [0.1, 0.15) is 0 Å². The van der Waals surface area contributed by atoms with Crippen molar-refractivity contribution in [1.82, 2.24) is 5.16 Å². The molecule has 0 bridgehead atoms. The molecular formula is C19H18N2O2. The summed E-state index contributed by atoms with van der Waals surface area (Å²) < 4.78 is 5.48. The van der Waals surface area contributed by atoms with Gasteiger partial charge >= 0.3 is 0 Å². The molecule has 1 atom stereocenters. The maximum Gasteiger partial charge on any atom is 0.168 e. The van der Waals surface area contributed by atoms with Crippen LogP contribution in [0.2, 0.25) is 0 Å². The van der Waals surface area contributed by atoms with Gasteiger partial charge in [-0.2, -0.15) is 5.26 Å². The van der Waals surface area contributed by atoms with Gasteiger partial charge in [0.2, 0.25) is 0 Å². The lowest BCUT2D eigenvalue weighted by atomic mass is 9.82. The van der Waals surface area contributed by atoms with Crippen LogP contribution in [-0.4, -0.2) is 10.9 Å². The number of hydrogen-bond acceptors (Lipinski definition) is 4. The van der Waals surface area contributed by atoms with Crippen molar-refractivity contribution in [2.24, 2.45) is 11.8 Å². The summed E-state index contributed by atoms with van der Waals surface area (Å²) in [5.74, 6) is 2.12. The van der Waals surface area contributed by atoms with E-state index in [0.29, 0.717) is 35.6 Å². The summed E-state index contributed by atoms with van der Waals surface area (Å²) in [7, 11) is 0. The molecule has 2 aliphatic rings. The molecule has 116 valence electrons. The third-order valence-electron chi connectivity index (χ3n) is 4.88. The molecular weight excluding hydrogens is 288 g/mol. The van der Waals surface area contributed by atoms with Gasteiger partial charge in [-0.15, -0.1) is 0 Å². The van der Waals surface area contributed by atoms with Gasteiger partial charge in [-0.1, -0.05) is 30.1 Å². The molecule has 1 aromatic carbocycles. The van der Waals surface area contributed by atoms with E-state index in [4.69, 9.17) is 9.78 Å². The predicted octanol–water partition coefficient (Wildman–Crippen LogP) is 3.68. The highest BCUT2D eigenvalue weighted by molar-refractivity contribution is 5.99. The number of benzene rings is 1. The Morgan fingerprint density at radius 1 is 1.17 bits per heavy atom. The minimum atomic E-state index is 0.182. The Balaban J connectivity index is 1.53. The Morgan fingerprint density at radius 3 is 2.65 bits per heavy atom. The quantitative estimate of drug-likeness (QED) is 0.864. The number of hydrogen-bond donors (Lipinski definition) is 0. The highest BCUT2D eigenvalue weighted by atomic mass is 16.5. The van der Waals surface area contributed by atoms with Crippen molar-refractivity contribution in [3.05, 3.63) is 52.4 Å². The Hall–Kier alpha value is -2.41. The molecule has 0 N–H and O–H groups in total. The van der Waals surface area contributed by atoms with Gasteiger partial charge < -0.3 is 4.52 Å². The lowest BCUT2D eigenvalue weighted by molar-refractivity contribution is 0.0943. The molecule has 4 rings (SSSR count). The van der Waals surface area contributed by atoms with E-state index in [2.05, 4.69) is 11.2 Å². The first-order chi connectivity index (χ1) is 11.2. The molecule has 0 amide bonds. The average Bonchev–Trinajstić information content (AvgIpc) is 3.27. The number of nitrogens with zero attached hydrogens (tertiary/aromatic N) is 2. The summed E-state index contributed by atoms with van der Waals surface area (Å²) in [6, 6.07) is 9.47. The van der Waals surface area contributed by atoms with Crippen LogP contribution in [-0.2, 0) is 12.8 Å². The Kier molecular flexibility index (Phi) is 3.49. The first kappa shape index (κ1) is 14.2. The molecule has 1 unspecified atom stereocenters.